The molecule has 2 radical (unpaired) electrons. The molecule has 1 nitrogen and oxygen atoms in total. The van der Waals surface area contributed by atoms with Crippen LogP contribution >= 0.6 is 0 Å². The molecule has 2 rings (SSSR count). The second kappa shape index (κ2) is 4.77. The molecule has 1 aliphatic rings. The molecule has 0 aliphatic carbocycles. The first-order chi connectivity index (χ1) is 7.29. The molecule has 16 heavy (non-hydrogen) atoms. The van der Waals surface area contributed by atoms with Crippen molar-refractivity contribution in [1.29, 1.82) is 0 Å². The van der Waals surface area contributed by atoms with Crippen molar-refractivity contribution in [3.63, 3.8) is 0 Å². The van der Waals surface area contributed by atoms with E-state index in [0.29, 0.717) is 5.41 Å². The predicted octanol–water partition coefficient (Wildman–Crippen LogP) is 3.61. The Morgan fingerprint density at radius 2 is 1.69 bits per heavy atom. The topological polar surface area (TPSA) is 3.24 Å². The smallest absolute Gasteiger partial charge is 0.227 e. The van der Waals surface area contributed by atoms with E-state index < -0.39 is 0 Å². The molecule has 1 aromatic rings. The summed E-state index contributed by atoms with van der Waals surface area (Å²) in [6.07, 6.45) is 0. The first-order valence-electron chi connectivity index (χ1n) is 5.58. The lowest BCUT2D eigenvalue weighted by atomic mass is 10.0. The Balaban J connectivity index is 0.000000221. The van der Waals surface area contributed by atoms with E-state index in [1.54, 1.807) is 4.81 Å². The van der Waals surface area contributed by atoms with Gasteiger partial charge in [-0.25, -0.2) is 0 Å². The average molecular weight is 213 g/mol. The van der Waals surface area contributed by atoms with Crippen LogP contribution in [0.3, 0.4) is 0 Å². The van der Waals surface area contributed by atoms with Crippen LogP contribution < -0.4 is 0 Å². The molecule has 0 unspecified atom stereocenters. The molecule has 2 heteroatoms. The number of fused-ring (bicyclic) bond motifs is 1. The van der Waals surface area contributed by atoms with Crippen LogP contribution in [0.4, 0.5) is 0 Å². The second-order valence-corrected chi connectivity index (χ2v) is 5.73. The summed E-state index contributed by atoms with van der Waals surface area (Å²) in [5, 5.41) is 0. The maximum absolute atomic E-state index is 5.66. The molecule has 0 fully saturated rings. The van der Waals surface area contributed by atoms with Gasteiger partial charge in [-0.1, -0.05) is 58.5 Å². The summed E-state index contributed by atoms with van der Waals surface area (Å²) in [5.74, 6) is 0. The van der Waals surface area contributed by atoms with Gasteiger partial charge in [0, 0.05) is 17.8 Å². The zero-order valence-electron chi connectivity index (χ0n) is 10.7. The number of nitrogens with zero attached hydrogens (tertiary/aromatic N) is 1. The fourth-order valence-corrected chi connectivity index (χ4v) is 1.37. The van der Waals surface area contributed by atoms with E-state index in [0.717, 1.165) is 12.2 Å². The van der Waals surface area contributed by atoms with Crippen LogP contribution in [-0.4, -0.2) is 12.8 Å². The summed E-state index contributed by atoms with van der Waals surface area (Å²) < 4.78 is 0. The van der Waals surface area contributed by atoms with E-state index in [-0.39, 0.29) is 0 Å². The molecule has 0 aromatic heterocycles. The minimum absolute atomic E-state index is 0.500. The largest absolute Gasteiger partial charge is 0.421 e. The lowest BCUT2D eigenvalue weighted by Gasteiger charge is -2.10. The van der Waals surface area contributed by atoms with Gasteiger partial charge in [0.25, 0.3) is 0 Å². The van der Waals surface area contributed by atoms with E-state index in [4.69, 9.17) is 7.98 Å². The van der Waals surface area contributed by atoms with Gasteiger partial charge >= 0.3 is 0 Å². The van der Waals surface area contributed by atoms with Gasteiger partial charge < -0.3 is 4.81 Å². The van der Waals surface area contributed by atoms with Crippen LogP contribution in [0.15, 0.2) is 30.8 Å². The number of hydrogen-bond donors (Lipinski definition) is 0. The Morgan fingerprint density at radius 1 is 1.19 bits per heavy atom. The molecule has 1 aromatic carbocycles. The van der Waals surface area contributed by atoms with Crippen molar-refractivity contribution in [2.75, 3.05) is 0 Å². The molecule has 0 spiro atoms. The summed E-state index contributed by atoms with van der Waals surface area (Å²) in [6, 6.07) is 8.15. The van der Waals surface area contributed by atoms with Gasteiger partial charge in [-0.3, -0.25) is 0 Å². The summed E-state index contributed by atoms with van der Waals surface area (Å²) in [6.45, 7) is 13.4. The van der Waals surface area contributed by atoms with Crippen LogP contribution in [0.1, 0.15) is 38.8 Å². The molecular weight excluding hydrogens is 193 g/mol. The lowest BCUT2D eigenvalue weighted by molar-refractivity contribution is 0.469. The monoisotopic (exact) mass is 213 g/mol. The van der Waals surface area contributed by atoms with Crippen LogP contribution in [-0.2, 0) is 6.54 Å². The molecule has 1 aliphatic heterocycles. The molecular formula is C14H20BN. The first kappa shape index (κ1) is 12.9. The second-order valence-electron chi connectivity index (χ2n) is 5.73. The van der Waals surface area contributed by atoms with Crippen LogP contribution in [0, 0.1) is 5.41 Å². The van der Waals surface area contributed by atoms with Crippen molar-refractivity contribution in [3.8, 4) is 0 Å². The maximum atomic E-state index is 5.66. The summed E-state index contributed by atoms with van der Waals surface area (Å²) >= 11 is 0. The highest BCUT2D eigenvalue weighted by Gasteiger charge is 2.16. The zero-order valence-corrected chi connectivity index (χ0v) is 10.7. The van der Waals surface area contributed by atoms with E-state index >= 15 is 0 Å². The maximum Gasteiger partial charge on any atom is 0.227 e. The predicted molar refractivity (Wildman–Crippen MR) is 71.9 cm³/mol. The highest BCUT2D eigenvalue weighted by molar-refractivity contribution is 6.10. The summed E-state index contributed by atoms with van der Waals surface area (Å²) in [4.78, 5) is 1.67. The van der Waals surface area contributed by atoms with Crippen LogP contribution in [0.2, 0.25) is 0 Å². The van der Waals surface area contributed by atoms with Crippen molar-refractivity contribution < 1.29 is 0 Å². The standard InChI is InChI=1S/C9H8BN.C5H12/c1-7-9-5-3-2-4-8(9)6-11(7)10;1-5(2,3)4/h2-5H,1,6H2;1-4H3. The molecule has 0 bridgehead atoms. The van der Waals surface area contributed by atoms with Crippen LogP contribution in [0.25, 0.3) is 5.70 Å². The highest BCUT2D eigenvalue weighted by Crippen LogP contribution is 2.28. The fraction of sp³-hybridized carbons (Fsp3) is 0.429. The van der Waals surface area contributed by atoms with E-state index in [1.807, 2.05) is 18.2 Å². The van der Waals surface area contributed by atoms with E-state index in [1.165, 1.54) is 11.1 Å². The Morgan fingerprint density at radius 3 is 2.19 bits per heavy atom. The third-order valence-corrected chi connectivity index (χ3v) is 2.02. The Labute approximate surface area is 101 Å². The first-order valence-corrected chi connectivity index (χ1v) is 5.58. The van der Waals surface area contributed by atoms with Gasteiger partial charge in [-0.15, -0.1) is 0 Å². The van der Waals surface area contributed by atoms with Crippen molar-refractivity contribution in [3.05, 3.63) is 42.0 Å². The van der Waals surface area contributed by atoms with E-state index in [9.17, 15) is 0 Å². The van der Waals surface area contributed by atoms with Gasteiger partial charge in [0.2, 0.25) is 7.98 Å². The summed E-state index contributed by atoms with van der Waals surface area (Å²) in [5.41, 5.74) is 3.86. The summed E-state index contributed by atoms with van der Waals surface area (Å²) in [7, 11) is 5.66. The minimum atomic E-state index is 0.500. The number of benzene rings is 1. The molecule has 0 atom stereocenters. The normalized spacial score (nSPS) is 14.2. The molecule has 0 saturated heterocycles. The van der Waals surface area contributed by atoms with Gasteiger partial charge in [0.1, 0.15) is 0 Å². The number of hydrogen-bond acceptors (Lipinski definition) is 1. The third kappa shape index (κ3) is 3.76. The SMILES string of the molecule is CC(C)(C)C.[B]N1Cc2ccccc2C1=C. The quantitative estimate of drug-likeness (QED) is 0.595. The molecule has 1 heterocycles. The molecule has 0 N–H and O–H groups in total. The molecule has 84 valence electrons. The molecule has 0 amide bonds. The zero-order chi connectivity index (χ0) is 12.3. The Bertz CT molecular complexity index is 371. The Kier molecular flexibility index (Phi) is 3.85. The van der Waals surface area contributed by atoms with Crippen molar-refractivity contribution in [2.24, 2.45) is 5.41 Å². The van der Waals surface area contributed by atoms with Crippen molar-refractivity contribution in [1.82, 2.24) is 4.81 Å². The third-order valence-electron chi connectivity index (χ3n) is 2.02. The van der Waals surface area contributed by atoms with Crippen molar-refractivity contribution >= 4 is 13.7 Å². The van der Waals surface area contributed by atoms with Gasteiger partial charge in [-0.05, 0) is 11.0 Å². The fourth-order valence-electron chi connectivity index (χ4n) is 1.37. The molecule has 0 saturated carbocycles. The van der Waals surface area contributed by atoms with Gasteiger partial charge in [0.05, 0.1) is 0 Å². The lowest BCUT2D eigenvalue weighted by Crippen LogP contribution is -2.08. The van der Waals surface area contributed by atoms with Crippen molar-refractivity contribution in [2.45, 2.75) is 34.2 Å². The Hall–Kier alpha value is -1.18. The average Bonchev–Trinajstić information content (AvgIpc) is 2.41. The van der Waals surface area contributed by atoms with Crippen LogP contribution in [0.5, 0.6) is 0 Å². The van der Waals surface area contributed by atoms with Gasteiger partial charge in [-0.2, -0.15) is 0 Å². The van der Waals surface area contributed by atoms with Gasteiger partial charge in [0.15, 0.2) is 0 Å². The highest BCUT2D eigenvalue weighted by atomic mass is 15.1. The minimum Gasteiger partial charge on any atom is -0.421 e. The van der Waals surface area contributed by atoms with E-state index in [2.05, 4.69) is 40.3 Å². The number of rotatable bonds is 0.